The van der Waals surface area contributed by atoms with E-state index in [9.17, 15) is 0 Å². The molecular weight excluding hydrogens is 877 g/mol. The van der Waals surface area contributed by atoms with Gasteiger partial charge in [-0.2, -0.15) is 0 Å². The third-order valence-corrected chi connectivity index (χ3v) is 20.7. The predicted molar refractivity (Wildman–Crippen MR) is 273 cm³/mol. The first-order valence-corrected chi connectivity index (χ1v) is 26.3. The van der Waals surface area contributed by atoms with Gasteiger partial charge in [0.25, 0.3) is 0 Å². The lowest BCUT2D eigenvalue weighted by Gasteiger charge is -2.09. The Balaban J connectivity index is 1.04. The average molecular weight is 917 g/mol. The first-order valence-electron chi connectivity index (χ1n) is 19.3. The Labute approximate surface area is 379 Å². The second kappa shape index (κ2) is 17.7. The van der Waals surface area contributed by atoms with Gasteiger partial charge in [0.15, 0.2) is 0 Å². The van der Waals surface area contributed by atoms with Gasteiger partial charge in [0.1, 0.15) is 0 Å². The van der Waals surface area contributed by atoms with Crippen molar-refractivity contribution in [2.45, 2.75) is 47.0 Å². The van der Waals surface area contributed by atoms with Gasteiger partial charge in [-0.1, -0.05) is 26.8 Å². The van der Waals surface area contributed by atoms with E-state index < -0.39 is 0 Å². The lowest BCUT2D eigenvalue weighted by molar-refractivity contribution is 1.19. The number of thiol groups is 1. The van der Waals surface area contributed by atoms with E-state index in [-0.39, 0.29) is 0 Å². The fourth-order valence-electron chi connectivity index (χ4n) is 6.68. The number of benzene rings is 1. The van der Waals surface area contributed by atoms with Gasteiger partial charge in [0.2, 0.25) is 0 Å². The number of aryl methyl sites for hydroxylation is 3. The van der Waals surface area contributed by atoms with Crippen LogP contribution in [0.5, 0.6) is 0 Å². The smallest absolute Gasteiger partial charge is 0.0449 e. The van der Waals surface area contributed by atoms with Crippen molar-refractivity contribution in [3.05, 3.63) is 152 Å². The molecule has 0 N–H and O–H groups in total. The fourth-order valence-corrected chi connectivity index (χ4v) is 15.2. The van der Waals surface area contributed by atoms with E-state index in [0.717, 1.165) is 29.7 Å². The first-order chi connectivity index (χ1) is 28.3. The molecule has 0 nitrogen and oxygen atoms in total. The monoisotopic (exact) mass is 916 g/mol. The van der Waals surface area contributed by atoms with E-state index in [2.05, 4.69) is 155 Å². The van der Waals surface area contributed by atoms with Crippen LogP contribution in [-0.4, -0.2) is 0 Å². The van der Waals surface area contributed by atoms with Crippen molar-refractivity contribution in [1.82, 2.24) is 0 Å². The second-order valence-corrected chi connectivity index (χ2v) is 23.3. The highest BCUT2D eigenvalue weighted by atomic mass is 32.1. The van der Waals surface area contributed by atoms with Crippen LogP contribution in [-0.2, 0) is 19.3 Å². The molecule has 0 bridgehead atoms. The summed E-state index contributed by atoms with van der Waals surface area (Å²) in [6.45, 7) is 8.88. The van der Waals surface area contributed by atoms with Crippen LogP contribution in [0.15, 0.2) is 127 Å². The Morgan fingerprint density at radius 1 is 0.397 bits per heavy atom. The summed E-state index contributed by atoms with van der Waals surface area (Å²) in [7, 11) is 0. The van der Waals surface area contributed by atoms with Crippen LogP contribution in [0.3, 0.4) is 0 Å². The van der Waals surface area contributed by atoms with Gasteiger partial charge in [0, 0.05) is 82.9 Å². The van der Waals surface area contributed by atoms with Gasteiger partial charge in [-0.05, 0) is 170 Å². The van der Waals surface area contributed by atoms with Crippen molar-refractivity contribution >= 4 is 114 Å². The summed E-state index contributed by atoms with van der Waals surface area (Å²) in [6, 6.07) is 43.4. The van der Waals surface area contributed by atoms with Crippen LogP contribution >= 0.6 is 103 Å². The van der Waals surface area contributed by atoms with E-state index in [1.807, 2.05) is 90.7 Å². The van der Waals surface area contributed by atoms with Crippen molar-refractivity contribution in [1.29, 1.82) is 0 Å². The van der Waals surface area contributed by atoms with Gasteiger partial charge in [-0.15, -0.1) is 103 Å². The summed E-state index contributed by atoms with van der Waals surface area (Å²) in [5, 5.41) is 0. The van der Waals surface area contributed by atoms with E-state index in [1.54, 1.807) is 0 Å². The van der Waals surface area contributed by atoms with Crippen molar-refractivity contribution in [3.8, 4) is 69.7 Å². The van der Waals surface area contributed by atoms with E-state index >= 15 is 0 Å². The summed E-state index contributed by atoms with van der Waals surface area (Å²) in [4.78, 5) is 22.4. The van der Waals surface area contributed by atoms with Gasteiger partial charge in [-0.3, -0.25) is 0 Å². The molecule has 0 amide bonds. The maximum absolute atomic E-state index is 5.15. The number of allylic oxidation sites excluding steroid dienone is 3. The SMILES string of the molecule is CCc1ccc(-c2ccc(/C(C)=C/C=C(\S)c3cc(-c4ccc(-c5ccc(-c6ccc(CC)s6)s5)s4)cc(-c4ccc(-c5ccc(-c6ccc(CC)s6)s5)s4)c3)s2)s1. The Hall–Kier alpha value is -3.35. The molecule has 0 fully saturated rings. The van der Waals surface area contributed by atoms with Crippen molar-refractivity contribution in [3.63, 3.8) is 0 Å². The molecule has 0 radical (unpaired) electrons. The second-order valence-electron chi connectivity index (χ2n) is 13.9. The quantitative estimate of drug-likeness (QED) is 0.0865. The molecule has 0 aliphatic rings. The molecule has 8 aromatic heterocycles. The van der Waals surface area contributed by atoms with Crippen LogP contribution in [0.1, 0.15) is 52.8 Å². The molecule has 8 heterocycles. The molecule has 0 saturated carbocycles. The zero-order chi connectivity index (χ0) is 39.8. The third-order valence-electron chi connectivity index (χ3n) is 9.95. The third kappa shape index (κ3) is 8.62. The average Bonchev–Trinajstić information content (AvgIpc) is 4.09. The minimum absolute atomic E-state index is 0.953. The summed E-state index contributed by atoms with van der Waals surface area (Å²) >= 11 is 20.3. The molecule has 9 aromatic rings. The molecule has 9 heteroatoms. The van der Waals surface area contributed by atoms with Crippen LogP contribution in [0, 0.1) is 0 Å². The minimum Gasteiger partial charge on any atom is -0.143 e. The normalized spacial score (nSPS) is 12.3. The van der Waals surface area contributed by atoms with Gasteiger partial charge < -0.3 is 0 Å². The van der Waals surface area contributed by atoms with Crippen LogP contribution in [0.2, 0.25) is 0 Å². The molecule has 58 heavy (non-hydrogen) atoms. The highest BCUT2D eigenvalue weighted by Crippen LogP contribution is 2.46. The van der Waals surface area contributed by atoms with Crippen molar-refractivity contribution in [2.24, 2.45) is 0 Å². The van der Waals surface area contributed by atoms with Gasteiger partial charge in [-0.25, -0.2) is 0 Å². The summed E-state index contributed by atoms with van der Waals surface area (Å²) in [5.74, 6) is 0. The van der Waals surface area contributed by atoms with Crippen LogP contribution < -0.4 is 0 Å². The molecule has 0 atom stereocenters. The van der Waals surface area contributed by atoms with E-state index in [0.29, 0.717) is 0 Å². The fraction of sp³-hybridized carbons (Fsp3) is 0.143. The highest BCUT2D eigenvalue weighted by Gasteiger charge is 2.16. The maximum Gasteiger partial charge on any atom is 0.0449 e. The Bertz CT molecular complexity index is 2760. The minimum atomic E-state index is 0.953. The Morgan fingerprint density at radius 3 is 1.12 bits per heavy atom. The van der Waals surface area contributed by atoms with Gasteiger partial charge >= 0.3 is 0 Å². The lowest BCUT2D eigenvalue weighted by atomic mass is 10.0. The molecule has 0 unspecified atom stereocenters. The van der Waals surface area contributed by atoms with Crippen LogP contribution in [0.4, 0.5) is 0 Å². The molecule has 0 aliphatic carbocycles. The molecule has 0 saturated heterocycles. The standard InChI is InChI=1S/C49H40S9/c1-5-33-9-13-40(51-33)43-19-16-37(54-43)29(4)8-12-36(50)30-26-31(38-17-20-46(55-38)48-24-22-44(57-48)41-14-10-34(6-2)52-41)28-32(27-30)39-18-21-47(56-39)49-25-23-45(58-49)42-15-11-35(7-3)53-42/h8-28,50H,5-7H2,1-4H3/b29-8+,36-12-. The zero-order valence-electron chi connectivity index (χ0n) is 32.5. The molecular formula is C49H40S9. The van der Waals surface area contributed by atoms with E-state index in [4.69, 9.17) is 12.6 Å². The largest absolute Gasteiger partial charge is 0.143 e. The van der Waals surface area contributed by atoms with Gasteiger partial charge in [0.05, 0.1) is 0 Å². The zero-order valence-corrected chi connectivity index (χ0v) is 39.9. The maximum atomic E-state index is 5.15. The molecule has 1 aromatic carbocycles. The Kier molecular flexibility index (Phi) is 12.2. The van der Waals surface area contributed by atoms with Crippen molar-refractivity contribution < 1.29 is 0 Å². The molecule has 0 spiro atoms. The summed E-state index contributed by atoms with van der Waals surface area (Å²) < 4.78 is 0. The first kappa shape index (κ1) is 40.1. The topological polar surface area (TPSA) is 0 Å². The number of hydrogen-bond donors (Lipinski definition) is 1. The van der Waals surface area contributed by atoms with E-state index in [1.165, 1.54) is 94.7 Å². The lowest BCUT2D eigenvalue weighted by Crippen LogP contribution is -1.84. The summed E-state index contributed by atoms with van der Waals surface area (Å²) in [6.07, 6.45) is 7.64. The molecule has 0 aliphatic heterocycles. The number of hydrogen-bond acceptors (Lipinski definition) is 9. The highest BCUT2D eigenvalue weighted by molar-refractivity contribution is 7.90. The van der Waals surface area contributed by atoms with Crippen LogP contribution in [0.25, 0.3) is 80.1 Å². The molecule has 9 rings (SSSR count). The summed E-state index contributed by atoms with van der Waals surface area (Å²) in [5.41, 5.74) is 4.79. The number of rotatable bonds is 13. The number of thiophene rings is 8. The molecule has 290 valence electrons. The Morgan fingerprint density at radius 2 is 0.724 bits per heavy atom. The predicted octanol–water partition coefficient (Wildman–Crippen LogP) is 18.9. The van der Waals surface area contributed by atoms with Crippen molar-refractivity contribution in [2.75, 3.05) is 0 Å².